The van der Waals surface area contributed by atoms with Gasteiger partial charge in [0.05, 0.1) is 13.7 Å². The Bertz CT molecular complexity index is 619. The van der Waals surface area contributed by atoms with Gasteiger partial charge in [0.1, 0.15) is 12.2 Å². The van der Waals surface area contributed by atoms with Gasteiger partial charge in [0, 0.05) is 38.1 Å². The van der Waals surface area contributed by atoms with Gasteiger partial charge in [-0.3, -0.25) is 9.69 Å². The molecule has 3 saturated heterocycles. The van der Waals surface area contributed by atoms with Crippen molar-refractivity contribution in [1.82, 2.24) is 14.7 Å². The summed E-state index contributed by atoms with van der Waals surface area (Å²) in [6.07, 6.45) is 4.46. The van der Waals surface area contributed by atoms with Crippen LogP contribution in [0.5, 0.6) is 0 Å². The predicted molar refractivity (Wildman–Crippen MR) is 105 cm³/mol. The lowest BCUT2D eigenvalue weighted by molar-refractivity contribution is -0.147. The third-order valence-corrected chi connectivity index (χ3v) is 7.55. The Morgan fingerprint density at radius 2 is 1.86 bits per heavy atom. The summed E-state index contributed by atoms with van der Waals surface area (Å²) >= 11 is 0. The second-order valence-electron chi connectivity index (χ2n) is 9.27. The minimum Gasteiger partial charge on any atom is -0.468 e. The predicted octanol–water partition coefficient (Wildman–Crippen LogP) is 2.05. The van der Waals surface area contributed by atoms with Crippen molar-refractivity contribution in [1.29, 1.82) is 0 Å². The summed E-state index contributed by atoms with van der Waals surface area (Å²) in [6.45, 7) is 6.24. The molecule has 3 heterocycles. The lowest BCUT2D eigenvalue weighted by Crippen LogP contribution is -2.56. The van der Waals surface area contributed by atoms with E-state index < -0.39 is 12.2 Å². The van der Waals surface area contributed by atoms with Crippen LogP contribution in [-0.2, 0) is 14.3 Å². The highest BCUT2D eigenvalue weighted by Gasteiger charge is 2.52. The fraction of sp³-hybridized carbons (Fsp3) is 0.905. The normalized spacial score (nSPS) is 36.4. The first kappa shape index (κ1) is 20.8. The molecule has 1 unspecified atom stereocenters. The Balaban J connectivity index is 1.24. The number of ether oxygens (including phenoxy) is 2. The number of hydrogen-bond acceptors (Lipinski definition) is 6. The maximum Gasteiger partial charge on any atom is 0.409 e. The van der Waals surface area contributed by atoms with Gasteiger partial charge in [0.25, 0.3) is 0 Å². The van der Waals surface area contributed by atoms with Gasteiger partial charge < -0.3 is 19.3 Å². The number of esters is 1. The van der Waals surface area contributed by atoms with Crippen LogP contribution in [0.15, 0.2) is 0 Å². The van der Waals surface area contributed by atoms with E-state index >= 15 is 0 Å². The fourth-order valence-electron chi connectivity index (χ4n) is 6.00. The number of nitrogens with zero attached hydrogens (tertiary/aromatic N) is 3. The average molecular weight is 412 g/mol. The zero-order chi connectivity index (χ0) is 20.6. The smallest absolute Gasteiger partial charge is 0.409 e. The van der Waals surface area contributed by atoms with Crippen molar-refractivity contribution in [2.75, 3.05) is 46.4 Å². The largest absolute Gasteiger partial charge is 0.468 e. The molecule has 0 aromatic carbocycles. The topological polar surface area (TPSA) is 62.3 Å². The molecule has 0 aromatic rings. The Hall–Kier alpha value is -1.41. The summed E-state index contributed by atoms with van der Waals surface area (Å²) in [6, 6.07) is 0.420. The fourth-order valence-corrected chi connectivity index (χ4v) is 6.00. The number of carbonyl (C=O) groups is 2. The first-order valence-corrected chi connectivity index (χ1v) is 11.1. The number of likely N-dealkylation sites (tertiary alicyclic amines) is 3. The third kappa shape index (κ3) is 4.10. The van der Waals surface area contributed by atoms with Crippen LogP contribution in [0.4, 0.5) is 9.18 Å². The number of amides is 1. The van der Waals surface area contributed by atoms with E-state index in [0.29, 0.717) is 19.2 Å². The summed E-state index contributed by atoms with van der Waals surface area (Å²) in [5.41, 5.74) is 0.278. The molecule has 1 saturated carbocycles. The molecular formula is C21H34FN3O4. The van der Waals surface area contributed by atoms with E-state index in [2.05, 4.69) is 4.90 Å². The summed E-state index contributed by atoms with van der Waals surface area (Å²) < 4.78 is 24.0. The van der Waals surface area contributed by atoms with Crippen LogP contribution in [0.2, 0.25) is 0 Å². The maximum absolute atomic E-state index is 14.0. The second-order valence-corrected chi connectivity index (χ2v) is 9.27. The molecule has 0 radical (unpaired) electrons. The van der Waals surface area contributed by atoms with Crippen molar-refractivity contribution in [3.63, 3.8) is 0 Å². The molecule has 0 N–H and O–H groups in total. The van der Waals surface area contributed by atoms with E-state index in [1.54, 1.807) is 0 Å². The summed E-state index contributed by atoms with van der Waals surface area (Å²) in [7, 11) is 1.38. The van der Waals surface area contributed by atoms with Gasteiger partial charge in [-0.05, 0) is 57.5 Å². The molecule has 7 nitrogen and oxygen atoms in total. The number of rotatable bonds is 4. The van der Waals surface area contributed by atoms with E-state index in [4.69, 9.17) is 9.47 Å². The molecule has 164 valence electrons. The number of piperidine rings is 1. The first-order chi connectivity index (χ1) is 13.9. The monoisotopic (exact) mass is 411 g/mol. The third-order valence-electron chi connectivity index (χ3n) is 7.55. The molecule has 4 rings (SSSR count). The molecule has 8 heteroatoms. The summed E-state index contributed by atoms with van der Waals surface area (Å²) in [5, 5.41) is 0. The van der Waals surface area contributed by atoms with Gasteiger partial charge in [-0.2, -0.15) is 0 Å². The van der Waals surface area contributed by atoms with Crippen LogP contribution in [0, 0.1) is 5.41 Å². The molecular weight excluding hydrogens is 377 g/mol. The minimum atomic E-state index is -0.937. The molecule has 4 fully saturated rings. The molecule has 4 aliphatic rings. The van der Waals surface area contributed by atoms with Crippen molar-refractivity contribution in [2.24, 2.45) is 5.41 Å². The Morgan fingerprint density at radius 1 is 1.14 bits per heavy atom. The van der Waals surface area contributed by atoms with Gasteiger partial charge in [-0.25, -0.2) is 9.18 Å². The minimum absolute atomic E-state index is 0.175. The maximum atomic E-state index is 14.0. The highest BCUT2D eigenvalue weighted by Crippen LogP contribution is 2.50. The van der Waals surface area contributed by atoms with Crippen molar-refractivity contribution in [3.05, 3.63) is 0 Å². The van der Waals surface area contributed by atoms with E-state index in [-0.39, 0.29) is 29.9 Å². The molecule has 1 spiro atoms. The highest BCUT2D eigenvalue weighted by atomic mass is 19.1. The van der Waals surface area contributed by atoms with E-state index in [1.165, 1.54) is 7.11 Å². The van der Waals surface area contributed by atoms with Gasteiger partial charge >= 0.3 is 12.1 Å². The van der Waals surface area contributed by atoms with Crippen molar-refractivity contribution in [3.8, 4) is 0 Å². The Kier molecular flexibility index (Phi) is 6.02. The molecule has 1 amide bonds. The SMILES string of the molecule is CCOC(=O)N1CCC2(CC(N3CCC(N4C[C@H](F)CC4C(=O)OC)CC3)C2)C1. The quantitative estimate of drug-likeness (QED) is 0.660. The number of halogens is 1. The number of carbonyl (C=O) groups excluding carboxylic acids is 2. The van der Waals surface area contributed by atoms with E-state index in [1.807, 2.05) is 16.7 Å². The number of alkyl halides is 1. The Morgan fingerprint density at radius 3 is 2.52 bits per heavy atom. The van der Waals surface area contributed by atoms with Crippen LogP contribution in [0.25, 0.3) is 0 Å². The summed E-state index contributed by atoms with van der Waals surface area (Å²) in [5.74, 6) is -0.305. The highest BCUT2D eigenvalue weighted by molar-refractivity contribution is 5.76. The van der Waals surface area contributed by atoms with Crippen LogP contribution in [-0.4, -0.2) is 97.5 Å². The lowest BCUT2D eigenvalue weighted by atomic mass is 9.64. The summed E-state index contributed by atoms with van der Waals surface area (Å²) in [4.78, 5) is 30.5. The standard InChI is InChI=1S/C21H34FN3O4/c1-3-29-20(27)24-9-6-21(14-24)11-17(12-21)23-7-4-16(5-8-23)25-13-15(22)10-18(25)19(26)28-2/h15-18H,3-14H2,1-2H3/t15-,17?,18?,21?/m1/s1. The zero-order valence-electron chi connectivity index (χ0n) is 17.6. The van der Waals surface area contributed by atoms with Gasteiger partial charge in [-0.15, -0.1) is 0 Å². The zero-order valence-corrected chi connectivity index (χ0v) is 17.6. The van der Waals surface area contributed by atoms with Crippen molar-refractivity contribution < 1.29 is 23.5 Å². The molecule has 1 aliphatic carbocycles. The second kappa shape index (κ2) is 8.38. The van der Waals surface area contributed by atoms with E-state index in [0.717, 1.165) is 58.3 Å². The molecule has 0 bridgehead atoms. The van der Waals surface area contributed by atoms with Crippen LogP contribution in [0.1, 0.15) is 45.4 Å². The average Bonchev–Trinajstić information content (AvgIpc) is 3.31. The number of hydrogen-bond donors (Lipinski definition) is 0. The van der Waals surface area contributed by atoms with Crippen molar-refractivity contribution in [2.45, 2.75) is 69.7 Å². The van der Waals surface area contributed by atoms with Crippen LogP contribution in [0.3, 0.4) is 0 Å². The Labute approximate surface area is 172 Å². The van der Waals surface area contributed by atoms with E-state index in [9.17, 15) is 14.0 Å². The first-order valence-electron chi connectivity index (χ1n) is 11.1. The lowest BCUT2D eigenvalue weighted by Gasteiger charge is -2.52. The van der Waals surface area contributed by atoms with Crippen molar-refractivity contribution >= 4 is 12.1 Å². The molecule has 29 heavy (non-hydrogen) atoms. The van der Waals surface area contributed by atoms with Gasteiger partial charge in [-0.1, -0.05) is 0 Å². The van der Waals surface area contributed by atoms with Crippen LogP contribution < -0.4 is 0 Å². The molecule has 3 aliphatic heterocycles. The molecule has 2 atom stereocenters. The number of methoxy groups -OCH3 is 1. The van der Waals surface area contributed by atoms with Crippen LogP contribution >= 0.6 is 0 Å². The molecule has 0 aromatic heterocycles. The van der Waals surface area contributed by atoms with Gasteiger partial charge in [0.15, 0.2) is 0 Å². The van der Waals surface area contributed by atoms with Gasteiger partial charge in [0.2, 0.25) is 0 Å².